The normalized spacial score (nSPS) is 10.2. The number of amides is 1. The van der Waals surface area contributed by atoms with Crippen molar-refractivity contribution in [3.05, 3.63) is 34.1 Å². The number of thiocarbonyl (C=S) groups is 1. The van der Waals surface area contributed by atoms with E-state index in [1.165, 1.54) is 17.0 Å². The molecule has 1 aromatic carbocycles. The molecule has 0 unspecified atom stereocenters. The van der Waals surface area contributed by atoms with Gasteiger partial charge in [0.15, 0.2) is 0 Å². The van der Waals surface area contributed by atoms with E-state index >= 15 is 0 Å². The van der Waals surface area contributed by atoms with E-state index in [0.717, 1.165) is 0 Å². The van der Waals surface area contributed by atoms with Gasteiger partial charge in [-0.15, -0.1) is 0 Å². The molecule has 0 aliphatic heterocycles. The van der Waals surface area contributed by atoms with Crippen LogP contribution in [0.1, 0.15) is 23.7 Å². The summed E-state index contributed by atoms with van der Waals surface area (Å²) in [5, 5.41) is 0. The van der Waals surface area contributed by atoms with Crippen LogP contribution in [0.2, 0.25) is 0 Å². The molecule has 2 N–H and O–H groups in total. The zero-order chi connectivity index (χ0) is 13.7. The summed E-state index contributed by atoms with van der Waals surface area (Å²) in [6, 6.07) is 4.29. The Labute approximate surface area is 119 Å². The summed E-state index contributed by atoms with van der Waals surface area (Å²) in [5.41, 5.74) is 5.45. The van der Waals surface area contributed by atoms with Crippen LogP contribution in [0.5, 0.6) is 0 Å². The van der Waals surface area contributed by atoms with Crippen molar-refractivity contribution >= 4 is 39.0 Å². The van der Waals surface area contributed by atoms with Crippen molar-refractivity contribution in [1.82, 2.24) is 4.90 Å². The fourth-order valence-corrected chi connectivity index (χ4v) is 1.93. The third kappa shape index (κ3) is 4.03. The van der Waals surface area contributed by atoms with Crippen LogP contribution >= 0.6 is 28.1 Å². The first-order chi connectivity index (χ1) is 8.45. The minimum atomic E-state index is -0.531. The van der Waals surface area contributed by atoms with Gasteiger partial charge < -0.3 is 10.6 Å². The zero-order valence-corrected chi connectivity index (χ0v) is 12.4. The Morgan fingerprint density at radius 3 is 2.78 bits per heavy atom. The number of nitrogens with two attached hydrogens (primary N) is 1. The molecule has 18 heavy (non-hydrogen) atoms. The van der Waals surface area contributed by atoms with Crippen LogP contribution in [0.15, 0.2) is 22.7 Å². The number of benzene rings is 1. The van der Waals surface area contributed by atoms with E-state index < -0.39 is 5.82 Å². The smallest absolute Gasteiger partial charge is 0.256 e. The lowest BCUT2D eigenvalue weighted by molar-refractivity contribution is 0.0764. The number of carbonyl (C=O) groups excluding carboxylic acids is 1. The van der Waals surface area contributed by atoms with Gasteiger partial charge in [-0.3, -0.25) is 4.79 Å². The number of carbonyl (C=O) groups is 1. The molecule has 0 bridgehead atoms. The standard InChI is InChI=1S/C12H14BrFN2OS/c1-2-16(6-5-11(15)18)12(17)9-7-8(13)3-4-10(9)14/h3-4,7H,2,5-6H2,1H3,(H2,15,18). The largest absolute Gasteiger partial charge is 0.393 e. The Morgan fingerprint density at radius 2 is 2.22 bits per heavy atom. The van der Waals surface area contributed by atoms with Crippen LogP contribution in [-0.4, -0.2) is 28.9 Å². The molecule has 0 spiro atoms. The van der Waals surface area contributed by atoms with Gasteiger partial charge >= 0.3 is 0 Å². The minimum absolute atomic E-state index is 0.0502. The molecule has 3 nitrogen and oxygen atoms in total. The Kier molecular flexibility index (Phi) is 5.68. The van der Waals surface area contributed by atoms with Gasteiger partial charge in [0.25, 0.3) is 5.91 Å². The number of rotatable bonds is 5. The molecule has 6 heteroatoms. The van der Waals surface area contributed by atoms with Crippen LogP contribution < -0.4 is 5.73 Å². The van der Waals surface area contributed by atoms with Crippen molar-refractivity contribution < 1.29 is 9.18 Å². The van der Waals surface area contributed by atoms with Gasteiger partial charge in [-0.05, 0) is 25.1 Å². The van der Waals surface area contributed by atoms with Crippen molar-refractivity contribution in [2.45, 2.75) is 13.3 Å². The molecule has 0 aromatic heterocycles. The summed E-state index contributed by atoms with van der Waals surface area (Å²) < 4.78 is 14.3. The monoisotopic (exact) mass is 332 g/mol. The quantitative estimate of drug-likeness (QED) is 0.843. The third-order valence-electron chi connectivity index (χ3n) is 2.46. The van der Waals surface area contributed by atoms with E-state index in [1.54, 1.807) is 6.07 Å². The second-order valence-electron chi connectivity index (χ2n) is 3.73. The summed E-state index contributed by atoms with van der Waals surface area (Å²) in [6.45, 7) is 2.71. The first kappa shape index (κ1) is 15.0. The average Bonchev–Trinajstić information content (AvgIpc) is 2.32. The van der Waals surface area contributed by atoms with Gasteiger partial charge in [0.1, 0.15) is 5.82 Å². The van der Waals surface area contributed by atoms with Gasteiger partial charge in [-0.25, -0.2) is 4.39 Å². The Morgan fingerprint density at radius 1 is 1.56 bits per heavy atom. The van der Waals surface area contributed by atoms with E-state index in [9.17, 15) is 9.18 Å². The molecule has 0 radical (unpaired) electrons. The maximum atomic E-state index is 13.6. The van der Waals surface area contributed by atoms with E-state index in [2.05, 4.69) is 15.9 Å². The van der Waals surface area contributed by atoms with Gasteiger partial charge in [-0.2, -0.15) is 0 Å². The Bertz CT molecular complexity index is 467. The molecule has 98 valence electrons. The minimum Gasteiger partial charge on any atom is -0.393 e. The maximum absolute atomic E-state index is 13.6. The molecule has 0 saturated heterocycles. The van der Waals surface area contributed by atoms with E-state index in [1.807, 2.05) is 6.92 Å². The summed E-state index contributed by atoms with van der Waals surface area (Å²) >= 11 is 7.99. The van der Waals surface area contributed by atoms with Crippen molar-refractivity contribution in [2.24, 2.45) is 5.73 Å². The lowest BCUT2D eigenvalue weighted by Gasteiger charge is -2.21. The van der Waals surface area contributed by atoms with Crippen LogP contribution in [0.4, 0.5) is 4.39 Å². The van der Waals surface area contributed by atoms with Crippen molar-refractivity contribution in [3.63, 3.8) is 0 Å². The van der Waals surface area contributed by atoms with Gasteiger partial charge in [0, 0.05) is 24.0 Å². The van der Waals surface area contributed by atoms with Gasteiger partial charge in [0.05, 0.1) is 10.6 Å². The Balaban J connectivity index is 2.89. The summed E-state index contributed by atoms with van der Waals surface area (Å²) in [4.78, 5) is 14.0. The van der Waals surface area contributed by atoms with Crippen molar-refractivity contribution in [2.75, 3.05) is 13.1 Å². The average molecular weight is 333 g/mol. The molecule has 0 aliphatic rings. The highest BCUT2D eigenvalue weighted by atomic mass is 79.9. The van der Waals surface area contributed by atoms with E-state index in [4.69, 9.17) is 18.0 Å². The molecule has 0 aliphatic carbocycles. The van der Waals surface area contributed by atoms with Crippen LogP contribution in [0, 0.1) is 5.82 Å². The zero-order valence-electron chi connectivity index (χ0n) is 9.95. The Hall–Kier alpha value is -1.01. The fraction of sp³-hybridized carbons (Fsp3) is 0.333. The number of nitrogens with zero attached hydrogens (tertiary/aromatic N) is 1. The predicted molar refractivity (Wildman–Crippen MR) is 77.1 cm³/mol. The summed E-state index contributed by atoms with van der Waals surface area (Å²) in [6.07, 6.45) is 0.435. The summed E-state index contributed by atoms with van der Waals surface area (Å²) in [5.74, 6) is -0.885. The molecule has 1 amide bonds. The maximum Gasteiger partial charge on any atom is 0.256 e. The first-order valence-electron chi connectivity index (χ1n) is 5.48. The molecule has 0 fully saturated rings. The third-order valence-corrected chi connectivity index (χ3v) is 3.15. The van der Waals surface area contributed by atoms with Gasteiger partial charge in [0.2, 0.25) is 0 Å². The number of hydrogen-bond donors (Lipinski definition) is 1. The summed E-state index contributed by atoms with van der Waals surface area (Å²) in [7, 11) is 0. The van der Waals surface area contributed by atoms with E-state index in [-0.39, 0.29) is 11.5 Å². The van der Waals surface area contributed by atoms with Crippen molar-refractivity contribution in [1.29, 1.82) is 0 Å². The second-order valence-corrected chi connectivity index (χ2v) is 5.17. The highest BCUT2D eigenvalue weighted by Crippen LogP contribution is 2.17. The van der Waals surface area contributed by atoms with Gasteiger partial charge in [-0.1, -0.05) is 28.1 Å². The molecule has 1 aromatic rings. The van der Waals surface area contributed by atoms with Crippen LogP contribution in [0.25, 0.3) is 0 Å². The van der Waals surface area contributed by atoms with Crippen molar-refractivity contribution in [3.8, 4) is 0 Å². The van der Waals surface area contributed by atoms with Crippen LogP contribution in [0.3, 0.4) is 0 Å². The SMILES string of the molecule is CCN(CCC(N)=S)C(=O)c1cc(Br)ccc1F. The number of hydrogen-bond acceptors (Lipinski definition) is 2. The lowest BCUT2D eigenvalue weighted by Crippen LogP contribution is -2.34. The molecule has 0 saturated carbocycles. The molecule has 1 rings (SSSR count). The number of halogens is 2. The second kappa shape index (κ2) is 6.80. The molecular weight excluding hydrogens is 319 g/mol. The topological polar surface area (TPSA) is 46.3 Å². The fourth-order valence-electron chi connectivity index (χ4n) is 1.48. The molecule has 0 heterocycles. The van der Waals surface area contributed by atoms with Crippen LogP contribution in [-0.2, 0) is 0 Å². The molecule has 0 atom stereocenters. The molecular formula is C12H14BrFN2OS. The van der Waals surface area contributed by atoms with E-state index in [0.29, 0.717) is 29.0 Å². The first-order valence-corrected chi connectivity index (χ1v) is 6.68. The highest BCUT2D eigenvalue weighted by Gasteiger charge is 2.18. The predicted octanol–water partition coefficient (Wildman–Crippen LogP) is 2.73. The lowest BCUT2D eigenvalue weighted by atomic mass is 10.2. The highest BCUT2D eigenvalue weighted by molar-refractivity contribution is 9.10.